The molecule has 6 nitrogen and oxygen atoms in total. The Morgan fingerprint density at radius 2 is 1.78 bits per heavy atom. The van der Waals surface area contributed by atoms with Gasteiger partial charge in [0.15, 0.2) is 0 Å². The van der Waals surface area contributed by atoms with Crippen molar-refractivity contribution < 1.29 is 24.2 Å². The smallest absolute Gasteiger partial charge is 0.412 e. The van der Waals surface area contributed by atoms with Crippen LogP contribution in [0, 0.1) is 0 Å². The van der Waals surface area contributed by atoms with Gasteiger partial charge in [-0.3, -0.25) is 5.32 Å². The molecule has 0 fully saturated rings. The van der Waals surface area contributed by atoms with Gasteiger partial charge in [-0.15, -0.1) is 0 Å². The fourth-order valence-electron chi connectivity index (χ4n) is 3.53. The number of carbonyl (C=O) groups is 2. The number of aryl methyl sites for hydroxylation is 2. The first-order valence-electron chi connectivity index (χ1n) is 7.96. The molecule has 124 valence electrons. The maximum Gasteiger partial charge on any atom is 0.412 e. The lowest BCUT2D eigenvalue weighted by Gasteiger charge is -2.18. The molecule has 2 aliphatic rings. The highest BCUT2D eigenvalue weighted by molar-refractivity contribution is 5.90. The summed E-state index contributed by atoms with van der Waals surface area (Å²) < 4.78 is 9.78. The fourth-order valence-corrected chi connectivity index (χ4v) is 3.53. The van der Waals surface area contributed by atoms with Crippen LogP contribution in [0.2, 0.25) is 0 Å². The van der Waals surface area contributed by atoms with Crippen LogP contribution in [0.15, 0.2) is 6.07 Å². The third kappa shape index (κ3) is 3.17. The number of amides is 1. The van der Waals surface area contributed by atoms with Crippen molar-refractivity contribution >= 4 is 17.7 Å². The lowest BCUT2D eigenvalue weighted by Crippen LogP contribution is -2.33. The summed E-state index contributed by atoms with van der Waals surface area (Å²) in [6.45, 7) is -0.173. The Kier molecular flexibility index (Phi) is 4.52. The number of methoxy groups -OCH3 is 1. The van der Waals surface area contributed by atoms with Gasteiger partial charge in [-0.2, -0.15) is 0 Å². The first-order chi connectivity index (χ1) is 11.1. The summed E-state index contributed by atoms with van der Waals surface area (Å²) >= 11 is 0. The molecule has 0 aromatic heterocycles. The van der Waals surface area contributed by atoms with Crippen LogP contribution < -0.4 is 5.32 Å². The molecule has 1 atom stereocenters. The highest BCUT2D eigenvalue weighted by atomic mass is 16.6. The summed E-state index contributed by atoms with van der Waals surface area (Å²) in [5.41, 5.74) is 5.81. The Bertz CT molecular complexity index is 608. The minimum atomic E-state index is -1.30. The molecule has 0 saturated carbocycles. The monoisotopic (exact) mass is 319 g/mol. The second-order valence-corrected chi connectivity index (χ2v) is 6.05. The number of nitrogens with one attached hydrogen (secondary N) is 1. The van der Waals surface area contributed by atoms with Crippen LogP contribution in [0.1, 0.15) is 35.1 Å². The van der Waals surface area contributed by atoms with E-state index in [1.54, 1.807) is 0 Å². The molecule has 1 amide bonds. The molecule has 0 unspecified atom stereocenters. The number of ether oxygens (including phenoxy) is 2. The number of hydrogen-bond donors (Lipinski definition) is 2. The molecular weight excluding hydrogens is 298 g/mol. The Balaban J connectivity index is 1.80. The lowest BCUT2D eigenvalue weighted by atomic mass is 9.99. The van der Waals surface area contributed by atoms with Gasteiger partial charge in [-0.05, 0) is 60.8 Å². The number of carbonyl (C=O) groups excluding carboxylic acids is 1. The number of carboxylic acid groups (broad SMARTS) is 1. The van der Waals surface area contributed by atoms with E-state index < -0.39 is 18.2 Å². The van der Waals surface area contributed by atoms with Gasteiger partial charge < -0.3 is 14.6 Å². The Morgan fingerprint density at radius 3 is 2.30 bits per heavy atom. The summed E-state index contributed by atoms with van der Waals surface area (Å²) in [5.74, 6) is -1.22. The first-order valence-corrected chi connectivity index (χ1v) is 7.96. The number of rotatable bonds is 5. The molecule has 2 aliphatic carbocycles. The van der Waals surface area contributed by atoms with Crippen LogP contribution in [0.3, 0.4) is 0 Å². The van der Waals surface area contributed by atoms with E-state index in [1.165, 1.54) is 29.4 Å². The number of carboxylic acids is 1. The molecule has 3 rings (SSSR count). The van der Waals surface area contributed by atoms with Crippen LogP contribution in [0.4, 0.5) is 10.5 Å². The van der Waals surface area contributed by atoms with Gasteiger partial charge in [-0.25, -0.2) is 9.59 Å². The molecule has 1 aromatic rings. The largest absolute Gasteiger partial charge is 0.478 e. The Morgan fingerprint density at radius 1 is 1.17 bits per heavy atom. The molecule has 0 spiro atoms. The van der Waals surface area contributed by atoms with Crippen LogP contribution in [0.25, 0.3) is 0 Å². The molecule has 0 bridgehead atoms. The van der Waals surface area contributed by atoms with Crippen molar-refractivity contribution in [2.75, 3.05) is 19.0 Å². The number of fused-ring (bicyclic) bond motifs is 2. The minimum absolute atomic E-state index is 0.173. The van der Waals surface area contributed by atoms with E-state index in [1.807, 2.05) is 0 Å². The van der Waals surface area contributed by atoms with E-state index in [0.29, 0.717) is 0 Å². The summed E-state index contributed by atoms with van der Waals surface area (Å²) in [5, 5.41) is 11.9. The molecule has 0 aliphatic heterocycles. The second kappa shape index (κ2) is 6.58. The predicted octanol–water partition coefficient (Wildman–Crippen LogP) is 2.31. The van der Waals surface area contributed by atoms with E-state index in [2.05, 4.69) is 11.4 Å². The summed E-state index contributed by atoms with van der Waals surface area (Å²) in [6, 6.07) is 2.27. The van der Waals surface area contributed by atoms with E-state index in [0.717, 1.165) is 44.2 Å². The topological polar surface area (TPSA) is 84.9 Å². The van der Waals surface area contributed by atoms with Crippen LogP contribution >= 0.6 is 0 Å². The van der Waals surface area contributed by atoms with Crippen LogP contribution in [0.5, 0.6) is 0 Å². The molecule has 1 aromatic carbocycles. The van der Waals surface area contributed by atoms with Gasteiger partial charge in [-0.1, -0.05) is 6.07 Å². The van der Waals surface area contributed by atoms with Crippen LogP contribution in [-0.2, 0) is 40.0 Å². The van der Waals surface area contributed by atoms with Crippen molar-refractivity contribution in [2.24, 2.45) is 0 Å². The third-order valence-electron chi connectivity index (χ3n) is 4.54. The van der Waals surface area contributed by atoms with Crippen molar-refractivity contribution in [3.05, 3.63) is 28.3 Å². The zero-order valence-electron chi connectivity index (χ0n) is 13.2. The second-order valence-electron chi connectivity index (χ2n) is 6.05. The van der Waals surface area contributed by atoms with Gasteiger partial charge >= 0.3 is 12.1 Å². The summed E-state index contributed by atoms with van der Waals surface area (Å²) in [6.07, 6.45) is 4.10. The molecular formula is C17H21NO5. The zero-order chi connectivity index (χ0) is 16.4. The third-order valence-corrected chi connectivity index (χ3v) is 4.54. The summed E-state index contributed by atoms with van der Waals surface area (Å²) in [7, 11) is 1.37. The quantitative estimate of drug-likeness (QED) is 0.870. The SMILES string of the molecule is COC[C@@H](OC(=O)Nc1c2c(cc3c1CCC3)CCC2)C(=O)O. The minimum Gasteiger partial charge on any atom is -0.478 e. The predicted molar refractivity (Wildman–Crippen MR) is 83.9 cm³/mol. The molecule has 0 heterocycles. The van der Waals surface area contributed by atoms with Crippen molar-refractivity contribution in [3.63, 3.8) is 0 Å². The summed E-state index contributed by atoms with van der Waals surface area (Å²) in [4.78, 5) is 23.2. The van der Waals surface area contributed by atoms with Crippen molar-refractivity contribution in [1.29, 1.82) is 0 Å². The fraction of sp³-hybridized carbons (Fsp3) is 0.529. The van der Waals surface area contributed by atoms with Crippen molar-refractivity contribution in [3.8, 4) is 0 Å². The van der Waals surface area contributed by atoms with Gasteiger partial charge in [0, 0.05) is 7.11 Å². The van der Waals surface area contributed by atoms with Gasteiger partial charge in [0.05, 0.1) is 12.3 Å². The maximum absolute atomic E-state index is 12.1. The molecule has 6 heteroatoms. The zero-order valence-corrected chi connectivity index (χ0v) is 13.2. The van der Waals surface area contributed by atoms with E-state index in [9.17, 15) is 9.59 Å². The molecule has 23 heavy (non-hydrogen) atoms. The molecule has 0 saturated heterocycles. The average molecular weight is 319 g/mol. The van der Waals surface area contributed by atoms with E-state index in [-0.39, 0.29) is 6.61 Å². The number of hydrogen-bond acceptors (Lipinski definition) is 4. The Hall–Kier alpha value is -2.08. The average Bonchev–Trinajstić information content (AvgIpc) is 3.14. The number of aliphatic carboxylic acids is 1. The first kappa shape index (κ1) is 15.8. The number of anilines is 1. The van der Waals surface area contributed by atoms with Gasteiger partial charge in [0.1, 0.15) is 0 Å². The number of benzene rings is 1. The normalized spacial score (nSPS) is 16.6. The molecule has 2 N–H and O–H groups in total. The molecule has 0 radical (unpaired) electrons. The van der Waals surface area contributed by atoms with Crippen molar-refractivity contribution in [1.82, 2.24) is 0 Å². The van der Waals surface area contributed by atoms with E-state index in [4.69, 9.17) is 14.6 Å². The highest BCUT2D eigenvalue weighted by Gasteiger charge is 2.27. The van der Waals surface area contributed by atoms with Gasteiger partial charge in [0.25, 0.3) is 0 Å². The maximum atomic E-state index is 12.1. The Labute approximate surface area is 134 Å². The lowest BCUT2D eigenvalue weighted by molar-refractivity contribution is -0.149. The van der Waals surface area contributed by atoms with Gasteiger partial charge in [0.2, 0.25) is 6.10 Å². The highest BCUT2D eigenvalue weighted by Crippen LogP contribution is 2.38. The van der Waals surface area contributed by atoms with Crippen molar-refractivity contribution in [2.45, 2.75) is 44.6 Å². The van der Waals surface area contributed by atoms with Crippen LogP contribution in [-0.4, -0.2) is 37.0 Å². The standard InChI is InChI=1S/C17H21NO5/c1-22-9-14(16(19)20)23-17(21)18-15-12-6-2-4-10(12)8-11-5-3-7-13(11)15/h8,14H,2-7,9H2,1H3,(H,18,21)(H,19,20)/t14-/m1/s1. The van der Waals surface area contributed by atoms with E-state index >= 15 is 0 Å².